The van der Waals surface area contributed by atoms with Gasteiger partial charge in [0, 0.05) is 20.8 Å². The van der Waals surface area contributed by atoms with E-state index in [1.807, 2.05) is 11.3 Å². The Hall–Kier alpha value is -0.0300. The van der Waals surface area contributed by atoms with Crippen molar-refractivity contribution in [3.05, 3.63) is 21.9 Å². The van der Waals surface area contributed by atoms with Gasteiger partial charge in [0.25, 0.3) is 0 Å². The normalized spacial score (nSPS) is 19.4. The molecule has 0 saturated heterocycles. The molecule has 0 spiro atoms. The molecule has 0 bridgehead atoms. The molecular formula is C13H22N2S2. The summed E-state index contributed by atoms with van der Waals surface area (Å²) in [6.45, 7) is 2.15. The molecule has 1 aliphatic rings. The van der Waals surface area contributed by atoms with Crippen LogP contribution in [0.5, 0.6) is 0 Å². The van der Waals surface area contributed by atoms with E-state index in [9.17, 15) is 0 Å². The molecule has 1 aliphatic carbocycles. The fourth-order valence-corrected chi connectivity index (χ4v) is 4.77. The minimum atomic E-state index is 0.320. The summed E-state index contributed by atoms with van der Waals surface area (Å²) in [5, 5.41) is 0.862. The molecule has 2 rings (SSSR count). The Labute approximate surface area is 112 Å². The van der Waals surface area contributed by atoms with E-state index in [0.29, 0.717) is 6.04 Å². The van der Waals surface area contributed by atoms with Crippen LogP contribution >= 0.6 is 23.1 Å². The van der Waals surface area contributed by atoms with Gasteiger partial charge in [-0.1, -0.05) is 19.3 Å². The number of hydrogen-bond acceptors (Lipinski definition) is 4. The zero-order valence-electron chi connectivity index (χ0n) is 10.4. The first-order chi connectivity index (χ1) is 8.29. The molecule has 1 fully saturated rings. The molecule has 0 aromatic carbocycles. The van der Waals surface area contributed by atoms with Crippen LogP contribution in [0.3, 0.4) is 0 Å². The second-order valence-corrected chi connectivity index (χ2v) is 7.41. The number of hydrogen-bond donors (Lipinski definition) is 2. The highest BCUT2D eigenvalue weighted by Gasteiger charge is 2.17. The summed E-state index contributed by atoms with van der Waals surface area (Å²) >= 11 is 3.95. The maximum absolute atomic E-state index is 5.67. The summed E-state index contributed by atoms with van der Waals surface area (Å²) in [6.07, 6.45) is 7.05. The monoisotopic (exact) mass is 270 g/mol. The van der Waals surface area contributed by atoms with Crippen LogP contribution in [0.2, 0.25) is 0 Å². The van der Waals surface area contributed by atoms with Crippen LogP contribution in [0.4, 0.5) is 0 Å². The van der Waals surface area contributed by atoms with Gasteiger partial charge in [-0.3, -0.25) is 11.3 Å². The van der Waals surface area contributed by atoms with Crippen molar-refractivity contribution in [1.29, 1.82) is 0 Å². The van der Waals surface area contributed by atoms with E-state index in [1.165, 1.54) is 41.9 Å². The molecule has 4 heteroatoms. The first-order valence-electron chi connectivity index (χ1n) is 6.43. The molecule has 0 amide bonds. The van der Waals surface area contributed by atoms with E-state index in [-0.39, 0.29) is 0 Å². The number of rotatable bonds is 5. The first-order valence-corrected chi connectivity index (χ1v) is 8.30. The van der Waals surface area contributed by atoms with Gasteiger partial charge in [-0.15, -0.1) is 11.3 Å². The third-order valence-corrected chi connectivity index (χ3v) is 5.94. The largest absolute Gasteiger partial charge is 0.271 e. The van der Waals surface area contributed by atoms with E-state index >= 15 is 0 Å². The highest BCUT2D eigenvalue weighted by atomic mass is 32.2. The van der Waals surface area contributed by atoms with Crippen LogP contribution in [0.15, 0.2) is 12.1 Å². The van der Waals surface area contributed by atoms with Crippen LogP contribution < -0.4 is 11.3 Å². The summed E-state index contributed by atoms with van der Waals surface area (Å²) in [7, 11) is 0. The van der Waals surface area contributed by atoms with Gasteiger partial charge in [-0.2, -0.15) is 11.8 Å². The number of hydrazine groups is 1. The third kappa shape index (κ3) is 3.98. The van der Waals surface area contributed by atoms with Crippen molar-refractivity contribution in [2.24, 2.45) is 5.84 Å². The number of thioether (sulfide) groups is 1. The lowest BCUT2D eigenvalue weighted by molar-refractivity contribution is 0.514. The highest BCUT2D eigenvalue weighted by Crippen LogP contribution is 2.32. The summed E-state index contributed by atoms with van der Waals surface area (Å²) in [5.74, 6) is 6.77. The Morgan fingerprint density at radius 1 is 1.41 bits per heavy atom. The van der Waals surface area contributed by atoms with Crippen LogP contribution in [-0.2, 0) is 0 Å². The van der Waals surface area contributed by atoms with Gasteiger partial charge in [-0.25, -0.2) is 0 Å². The van der Waals surface area contributed by atoms with Crippen LogP contribution in [0.1, 0.15) is 47.9 Å². The average Bonchev–Trinajstić information content (AvgIpc) is 2.78. The van der Waals surface area contributed by atoms with Gasteiger partial charge < -0.3 is 0 Å². The average molecular weight is 270 g/mol. The molecular weight excluding hydrogens is 248 g/mol. The van der Waals surface area contributed by atoms with Crippen LogP contribution in [-0.4, -0.2) is 11.0 Å². The third-order valence-electron chi connectivity index (χ3n) is 3.36. The highest BCUT2D eigenvalue weighted by molar-refractivity contribution is 7.99. The Morgan fingerprint density at radius 3 is 2.76 bits per heavy atom. The Kier molecular flexibility index (Phi) is 5.35. The fourth-order valence-electron chi connectivity index (χ4n) is 2.32. The van der Waals surface area contributed by atoms with Gasteiger partial charge in [0.1, 0.15) is 0 Å². The topological polar surface area (TPSA) is 38.0 Å². The molecule has 17 heavy (non-hydrogen) atoms. The van der Waals surface area contributed by atoms with Gasteiger partial charge in [0.05, 0.1) is 6.04 Å². The maximum Gasteiger partial charge on any atom is 0.0643 e. The van der Waals surface area contributed by atoms with E-state index in [4.69, 9.17) is 5.84 Å². The van der Waals surface area contributed by atoms with Gasteiger partial charge in [0.15, 0.2) is 0 Å². The van der Waals surface area contributed by atoms with Crippen LogP contribution in [0.25, 0.3) is 0 Å². The molecule has 1 saturated carbocycles. The Balaban J connectivity index is 1.82. The first kappa shape index (κ1) is 13.4. The van der Waals surface area contributed by atoms with Gasteiger partial charge in [-0.05, 0) is 31.9 Å². The van der Waals surface area contributed by atoms with Crippen molar-refractivity contribution in [2.45, 2.75) is 50.3 Å². The fraction of sp³-hybridized carbons (Fsp3) is 0.692. The minimum Gasteiger partial charge on any atom is -0.271 e. The summed E-state index contributed by atoms with van der Waals surface area (Å²) in [5.41, 5.74) is 2.96. The number of thiophene rings is 1. The van der Waals surface area contributed by atoms with E-state index in [0.717, 1.165) is 11.0 Å². The molecule has 1 aromatic rings. The lowest BCUT2D eigenvalue weighted by Gasteiger charge is -2.23. The number of aryl methyl sites for hydroxylation is 1. The SMILES string of the molecule is Cc1ccc(C(CSC2CCCCC2)NN)s1. The van der Waals surface area contributed by atoms with E-state index < -0.39 is 0 Å². The number of nitrogens with two attached hydrogens (primary N) is 1. The predicted octanol–water partition coefficient (Wildman–Crippen LogP) is 3.63. The van der Waals surface area contributed by atoms with Crippen molar-refractivity contribution >= 4 is 23.1 Å². The molecule has 3 N–H and O–H groups in total. The maximum atomic E-state index is 5.67. The van der Waals surface area contributed by atoms with Crippen molar-refractivity contribution in [3.63, 3.8) is 0 Å². The predicted molar refractivity (Wildman–Crippen MR) is 78.5 cm³/mol. The molecule has 1 aromatic heterocycles. The molecule has 1 unspecified atom stereocenters. The molecule has 1 heterocycles. The van der Waals surface area contributed by atoms with E-state index in [1.54, 1.807) is 0 Å². The van der Waals surface area contributed by atoms with Crippen molar-refractivity contribution in [2.75, 3.05) is 5.75 Å². The van der Waals surface area contributed by atoms with Crippen LogP contribution in [0, 0.1) is 6.92 Å². The second kappa shape index (κ2) is 6.78. The van der Waals surface area contributed by atoms with Gasteiger partial charge in [0.2, 0.25) is 0 Å². The quantitative estimate of drug-likeness (QED) is 0.634. The lowest BCUT2D eigenvalue weighted by Crippen LogP contribution is -2.29. The molecule has 0 aliphatic heterocycles. The van der Waals surface area contributed by atoms with Gasteiger partial charge >= 0.3 is 0 Å². The number of nitrogens with one attached hydrogen (secondary N) is 1. The second-order valence-electron chi connectivity index (χ2n) is 4.76. The van der Waals surface area contributed by atoms with Crippen molar-refractivity contribution in [3.8, 4) is 0 Å². The standard InChI is InChI=1S/C13H22N2S2/c1-10-7-8-13(17-10)12(15-14)9-16-11-5-3-2-4-6-11/h7-8,11-12,15H,2-6,9,14H2,1H3. The smallest absolute Gasteiger partial charge is 0.0643 e. The van der Waals surface area contributed by atoms with E-state index in [2.05, 4.69) is 36.2 Å². The molecule has 0 radical (unpaired) electrons. The summed E-state index contributed by atoms with van der Waals surface area (Å²) in [6, 6.07) is 4.70. The summed E-state index contributed by atoms with van der Waals surface area (Å²) < 4.78 is 0. The Morgan fingerprint density at radius 2 is 2.18 bits per heavy atom. The molecule has 96 valence electrons. The molecule has 1 atom stereocenters. The summed E-state index contributed by atoms with van der Waals surface area (Å²) in [4.78, 5) is 2.73. The Bertz CT molecular complexity index is 332. The van der Waals surface area contributed by atoms with Crippen molar-refractivity contribution < 1.29 is 0 Å². The lowest BCUT2D eigenvalue weighted by atomic mass is 10.0. The molecule has 2 nitrogen and oxygen atoms in total. The zero-order chi connectivity index (χ0) is 12.1. The zero-order valence-corrected chi connectivity index (χ0v) is 12.1. The van der Waals surface area contributed by atoms with Crippen molar-refractivity contribution in [1.82, 2.24) is 5.43 Å². The minimum absolute atomic E-state index is 0.320.